The number of carbonyl (C=O) groups excluding carboxylic acids is 2. The summed E-state index contributed by atoms with van der Waals surface area (Å²) in [5.74, 6) is -0.499. The van der Waals surface area contributed by atoms with E-state index < -0.39 is 11.9 Å². The molecule has 0 saturated carbocycles. The van der Waals surface area contributed by atoms with Gasteiger partial charge in [-0.15, -0.1) is 0 Å². The summed E-state index contributed by atoms with van der Waals surface area (Å²) in [7, 11) is 0. The van der Waals surface area contributed by atoms with E-state index in [1.54, 1.807) is 36.4 Å². The topological polar surface area (TPSA) is 52.6 Å². The molecule has 4 nitrogen and oxygen atoms in total. The van der Waals surface area contributed by atoms with Gasteiger partial charge in [-0.3, -0.25) is 0 Å². The Morgan fingerprint density at radius 1 is 0.562 bits per heavy atom. The van der Waals surface area contributed by atoms with E-state index in [0.29, 0.717) is 29.9 Å². The maximum atomic E-state index is 12.4. The predicted octanol–water partition coefficient (Wildman–Crippen LogP) is 5.97. The molecule has 0 unspecified atom stereocenters. The Labute approximate surface area is 187 Å². The molecule has 0 aliphatic heterocycles. The molecule has 4 aromatic rings. The van der Waals surface area contributed by atoms with Crippen molar-refractivity contribution in [1.29, 1.82) is 0 Å². The zero-order valence-corrected chi connectivity index (χ0v) is 17.4. The second-order valence-electron chi connectivity index (χ2n) is 7.23. The Balaban J connectivity index is 1.31. The van der Waals surface area contributed by atoms with Crippen LogP contribution in [0.2, 0.25) is 0 Å². The van der Waals surface area contributed by atoms with Crippen molar-refractivity contribution in [2.45, 2.75) is 6.42 Å². The largest absolute Gasteiger partial charge is 0.462 e. The molecule has 0 fully saturated rings. The number of esters is 2. The quantitative estimate of drug-likeness (QED) is 0.272. The molecule has 0 heterocycles. The van der Waals surface area contributed by atoms with Crippen LogP contribution in [-0.4, -0.2) is 18.5 Å². The molecule has 4 aromatic carbocycles. The minimum Gasteiger partial charge on any atom is -0.462 e. The first kappa shape index (κ1) is 21.1. The van der Waals surface area contributed by atoms with E-state index in [2.05, 4.69) is 0 Å². The molecule has 0 atom stereocenters. The van der Waals surface area contributed by atoms with Crippen LogP contribution in [0.25, 0.3) is 11.1 Å². The number of ether oxygens (including phenoxy) is 2. The van der Waals surface area contributed by atoms with Crippen LogP contribution in [-0.2, 0) is 11.2 Å². The second-order valence-corrected chi connectivity index (χ2v) is 7.23. The highest BCUT2D eigenvalue weighted by Crippen LogP contribution is 2.20. The average molecular weight is 422 g/mol. The van der Waals surface area contributed by atoms with Crippen molar-refractivity contribution in [1.82, 2.24) is 0 Å². The van der Waals surface area contributed by atoms with Gasteiger partial charge in [-0.25, -0.2) is 9.59 Å². The zero-order chi connectivity index (χ0) is 22.2. The summed E-state index contributed by atoms with van der Waals surface area (Å²) < 4.78 is 10.8. The molecule has 0 radical (unpaired) electrons. The Hall–Kier alpha value is -4.18. The maximum Gasteiger partial charge on any atom is 0.343 e. The highest BCUT2D eigenvalue weighted by atomic mass is 16.5. The third kappa shape index (κ3) is 5.49. The lowest BCUT2D eigenvalue weighted by Crippen LogP contribution is -2.10. The summed E-state index contributed by atoms with van der Waals surface area (Å²) >= 11 is 0. The van der Waals surface area contributed by atoms with Gasteiger partial charge in [0.05, 0.1) is 17.7 Å². The van der Waals surface area contributed by atoms with Gasteiger partial charge in [-0.2, -0.15) is 0 Å². The SMILES string of the molecule is O=C(OCCc1ccccc1)c1ccc(OC(=O)c2ccc(-c3ccccc3)cc2)cc1. The van der Waals surface area contributed by atoms with E-state index in [1.165, 1.54) is 0 Å². The predicted molar refractivity (Wildman–Crippen MR) is 124 cm³/mol. The fourth-order valence-corrected chi connectivity index (χ4v) is 3.24. The zero-order valence-electron chi connectivity index (χ0n) is 17.4. The monoisotopic (exact) mass is 422 g/mol. The van der Waals surface area contributed by atoms with E-state index in [9.17, 15) is 9.59 Å². The van der Waals surface area contributed by atoms with Crippen LogP contribution in [0.1, 0.15) is 26.3 Å². The van der Waals surface area contributed by atoms with Crippen molar-refractivity contribution in [3.8, 4) is 16.9 Å². The van der Waals surface area contributed by atoms with Crippen molar-refractivity contribution < 1.29 is 19.1 Å². The van der Waals surface area contributed by atoms with Crippen LogP contribution in [0.3, 0.4) is 0 Å². The van der Waals surface area contributed by atoms with Crippen LogP contribution >= 0.6 is 0 Å². The summed E-state index contributed by atoms with van der Waals surface area (Å²) in [4.78, 5) is 24.7. The van der Waals surface area contributed by atoms with E-state index >= 15 is 0 Å². The molecular weight excluding hydrogens is 400 g/mol. The minimum absolute atomic E-state index is 0.304. The molecule has 0 aliphatic rings. The van der Waals surface area contributed by atoms with Crippen molar-refractivity contribution in [2.24, 2.45) is 0 Å². The van der Waals surface area contributed by atoms with Gasteiger partial charge < -0.3 is 9.47 Å². The fraction of sp³-hybridized carbons (Fsp3) is 0.0714. The van der Waals surface area contributed by atoms with Gasteiger partial charge in [-0.1, -0.05) is 72.8 Å². The first-order valence-corrected chi connectivity index (χ1v) is 10.4. The van der Waals surface area contributed by atoms with Gasteiger partial charge >= 0.3 is 11.9 Å². The smallest absolute Gasteiger partial charge is 0.343 e. The minimum atomic E-state index is -0.456. The lowest BCUT2D eigenvalue weighted by molar-refractivity contribution is 0.0509. The Kier molecular flexibility index (Phi) is 6.73. The maximum absolute atomic E-state index is 12.4. The van der Waals surface area contributed by atoms with Crippen LogP contribution in [0.5, 0.6) is 5.75 Å². The van der Waals surface area contributed by atoms with E-state index in [0.717, 1.165) is 16.7 Å². The highest BCUT2D eigenvalue weighted by molar-refractivity contribution is 5.92. The van der Waals surface area contributed by atoms with Crippen LogP contribution in [0.15, 0.2) is 109 Å². The summed E-state index contributed by atoms with van der Waals surface area (Å²) in [5.41, 5.74) is 4.08. The molecular formula is C28H22O4. The number of benzene rings is 4. The lowest BCUT2D eigenvalue weighted by atomic mass is 10.0. The highest BCUT2D eigenvalue weighted by Gasteiger charge is 2.11. The van der Waals surface area contributed by atoms with Gasteiger partial charge in [0.2, 0.25) is 0 Å². The van der Waals surface area contributed by atoms with Crippen molar-refractivity contribution in [2.75, 3.05) is 6.61 Å². The van der Waals surface area contributed by atoms with Crippen LogP contribution in [0.4, 0.5) is 0 Å². The van der Waals surface area contributed by atoms with Crippen molar-refractivity contribution in [3.63, 3.8) is 0 Å². The molecule has 0 N–H and O–H groups in total. The standard InChI is InChI=1S/C28H22O4/c29-27(31-20-19-21-7-3-1-4-8-21)24-15-17-26(18-16-24)32-28(30)25-13-11-23(12-14-25)22-9-5-2-6-10-22/h1-18H,19-20H2. The molecule has 32 heavy (non-hydrogen) atoms. The molecule has 158 valence electrons. The lowest BCUT2D eigenvalue weighted by Gasteiger charge is -2.08. The first-order valence-electron chi connectivity index (χ1n) is 10.4. The molecule has 0 spiro atoms. The number of hydrogen-bond donors (Lipinski definition) is 0. The molecule has 0 amide bonds. The third-order valence-electron chi connectivity index (χ3n) is 5.00. The van der Waals surface area contributed by atoms with Crippen LogP contribution < -0.4 is 4.74 Å². The average Bonchev–Trinajstić information content (AvgIpc) is 2.86. The summed E-state index contributed by atoms with van der Waals surface area (Å²) in [6, 6.07) is 33.4. The van der Waals surface area contributed by atoms with E-state index in [-0.39, 0.29) is 0 Å². The van der Waals surface area contributed by atoms with Crippen molar-refractivity contribution in [3.05, 3.63) is 126 Å². The molecule has 0 aliphatic carbocycles. The van der Waals surface area contributed by atoms with Gasteiger partial charge in [0.25, 0.3) is 0 Å². The van der Waals surface area contributed by atoms with Gasteiger partial charge in [0, 0.05) is 6.42 Å². The summed E-state index contributed by atoms with van der Waals surface area (Å²) in [6.45, 7) is 0.304. The molecule has 0 aromatic heterocycles. The van der Waals surface area contributed by atoms with Crippen LogP contribution in [0, 0.1) is 0 Å². The normalized spacial score (nSPS) is 10.4. The molecule has 0 bridgehead atoms. The third-order valence-corrected chi connectivity index (χ3v) is 5.00. The Bertz CT molecular complexity index is 1170. The Morgan fingerprint density at radius 2 is 1.09 bits per heavy atom. The summed E-state index contributed by atoms with van der Waals surface area (Å²) in [6.07, 6.45) is 0.658. The molecule has 4 rings (SSSR count). The number of carbonyl (C=O) groups is 2. The van der Waals surface area contributed by atoms with Crippen molar-refractivity contribution >= 4 is 11.9 Å². The van der Waals surface area contributed by atoms with E-state index in [4.69, 9.17) is 9.47 Å². The number of rotatable bonds is 7. The second kappa shape index (κ2) is 10.2. The summed E-state index contributed by atoms with van der Waals surface area (Å²) in [5, 5.41) is 0. The Morgan fingerprint density at radius 3 is 1.75 bits per heavy atom. The number of hydrogen-bond acceptors (Lipinski definition) is 4. The van der Waals surface area contributed by atoms with E-state index in [1.807, 2.05) is 72.8 Å². The first-order chi connectivity index (χ1) is 15.7. The van der Waals surface area contributed by atoms with Gasteiger partial charge in [-0.05, 0) is 53.1 Å². The molecule has 0 saturated heterocycles. The van der Waals surface area contributed by atoms with Gasteiger partial charge in [0.15, 0.2) is 0 Å². The van der Waals surface area contributed by atoms with Gasteiger partial charge in [0.1, 0.15) is 5.75 Å². The fourth-order valence-electron chi connectivity index (χ4n) is 3.24. The molecule has 4 heteroatoms.